The zero-order chi connectivity index (χ0) is 19.1. The highest BCUT2D eigenvalue weighted by atomic mass is 16.3. The smallest absolute Gasteiger partial charge is 0.290 e. The predicted octanol–water partition coefficient (Wildman–Crippen LogP) is 3.88. The van der Waals surface area contributed by atoms with Crippen molar-refractivity contribution in [1.29, 1.82) is 0 Å². The first-order chi connectivity index (χ1) is 13.0. The highest BCUT2D eigenvalue weighted by Gasteiger charge is 2.45. The number of aromatic nitrogens is 1. The Morgan fingerprint density at radius 3 is 2.74 bits per heavy atom. The van der Waals surface area contributed by atoms with Crippen LogP contribution < -0.4 is 0 Å². The molecule has 1 aromatic carbocycles. The van der Waals surface area contributed by atoms with Crippen LogP contribution in [0, 0.1) is 5.92 Å². The SMILES string of the molecule is CC(C)C(=O)C1=C(O)C(=O)N(Cc2ccco2)C1c1c[nH]c2ccccc12. The van der Waals surface area contributed by atoms with Gasteiger partial charge < -0.3 is 19.4 Å². The molecule has 6 nitrogen and oxygen atoms in total. The molecule has 1 aliphatic rings. The van der Waals surface area contributed by atoms with Gasteiger partial charge in [-0.3, -0.25) is 9.59 Å². The number of aliphatic hydroxyl groups is 1. The molecule has 6 heteroatoms. The fourth-order valence-electron chi connectivity index (χ4n) is 3.59. The van der Waals surface area contributed by atoms with Crippen LogP contribution in [0.1, 0.15) is 31.2 Å². The number of furan rings is 1. The van der Waals surface area contributed by atoms with E-state index in [-0.39, 0.29) is 23.8 Å². The second-order valence-electron chi connectivity index (χ2n) is 6.99. The predicted molar refractivity (Wildman–Crippen MR) is 99.8 cm³/mol. The van der Waals surface area contributed by atoms with Gasteiger partial charge in [-0.1, -0.05) is 32.0 Å². The summed E-state index contributed by atoms with van der Waals surface area (Å²) in [6, 6.07) is 10.5. The lowest BCUT2D eigenvalue weighted by molar-refractivity contribution is -0.130. The minimum Gasteiger partial charge on any atom is -0.503 e. The number of rotatable bonds is 5. The Hall–Kier alpha value is -3.28. The van der Waals surface area contributed by atoms with Crippen molar-refractivity contribution in [3.05, 3.63) is 71.5 Å². The third kappa shape index (κ3) is 2.73. The number of hydrogen-bond acceptors (Lipinski definition) is 4. The van der Waals surface area contributed by atoms with E-state index in [0.29, 0.717) is 5.76 Å². The zero-order valence-electron chi connectivity index (χ0n) is 15.1. The molecular weight excluding hydrogens is 344 g/mol. The van der Waals surface area contributed by atoms with Gasteiger partial charge in [0.05, 0.1) is 24.4 Å². The number of para-hydroxylation sites is 1. The fraction of sp³-hybridized carbons (Fsp3) is 0.238. The Kier molecular flexibility index (Phi) is 4.11. The number of hydrogen-bond donors (Lipinski definition) is 2. The number of aromatic amines is 1. The molecule has 3 aromatic rings. The molecular formula is C21H20N2O4. The molecule has 0 saturated heterocycles. The molecule has 2 N–H and O–H groups in total. The number of ketones is 1. The van der Waals surface area contributed by atoms with Crippen molar-refractivity contribution in [3.8, 4) is 0 Å². The normalized spacial score (nSPS) is 17.5. The minimum atomic E-state index is -0.673. The zero-order valence-corrected chi connectivity index (χ0v) is 15.1. The standard InChI is InChI=1S/C21H20N2O4/c1-12(2)19(24)17-18(15-10-22-16-8-4-3-7-14(15)16)23(21(26)20(17)25)11-13-6-5-9-27-13/h3-10,12,18,22,25H,11H2,1-2H3. The first-order valence-electron chi connectivity index (χ1n) is 8.85. The van der Waals surface area contributed by atoms with E-state index in [1.165, 1.54) is 11.2 Å². The van der Waals surface area contributed by atoms with Gasteiger partial charge in [0.15, 0.2) is 11.5 Å². The van der Waals surface area contributed by atoms with Gasteiger partial charge in [-0.25, -0.2) is 0 Å². The molecule has 27 heavy (non-hydrogen) atoms. The maximum absolute atomic E-state index is 12.9. The van der Waals surface area contributed by atoms with Crippen LogP contribution in [0.2, 0.25) is 0 Å². The molecule has 0 spiro atoms. The number of benzene rings is 1. The molecule has 0 fully saturated rings. The summed E-state index contributed by atoms with van der Waals surface area (Å²) in [6.07, 6.45) is 3.33. The molecule has 1 atom stereocenters. The number of aliphatic hydroxyl groups excluding tert-OH is 1. The lowest BCUT2D eigenvalue weighted by atomic mass is 9.91. The molecule has 1 amide bonds. The van der Waals surface area contributed by atoms with Crippen molar-refractivity contribution in [2.75, 3.05) is 0 Å². The van der Waals surface area contributed by atoms with E-state index in [9.17, 15) is 14.7 Å². The van der Waals surface area contributed by atoms with Crippen molar-refractivity contribution < 1.29 is 19.1 Å². The highest BCUT2D eigenvalue weighted by molar-refractivity contribution is 6.10. The Labute approximate surface area is 156 Å². The van der Waals surface area contributed by atoms with Crippen LogP contribution in [0.4, 0.5) is 0 Å². The minimum absolute atomic E-state index is 0.145. The van der Waals surface area contributed by atoms with Crippen molar-refractivity contribution in [2.24, 2.45) is 5.92 Å². The summed E-state index contributed by atoms with van der Waals surface area (Å²) in [5.74, 6) is -1.04. The molecule has 0 bridgehead atoms. The molecule has 1 aliphatic heterocycles. The average molecular weight is 364 g/mol. The summed E-state index contributed by atoms with van der Waals surface area (Å²) in [4.78, 5) is 30.4. The van der Waals surface area contributed by atoms with Gasteiger partial charge in [-0.2, -0.15) is 0 Å². The molecule has 0 saturated carbocycles. The average Bonchev–Trinajstić information content (AvgIpc) is 3.36. The number of H-pyrrole nitrogens is 1. The first-order valence-corrected chi connectivity index (χ1v) is 8.85. The maximum atomic E-state index is 12.9. The third-order valence-corrected chi connectivity index (χ3v) is 4.92. The van der Waals surface area contributed by atoms with Crippen LogP contribution >= 0.6 is 0 Å². The van der Waals surface area contributed by atoms with Crippen LogP contribution in [-0.2, 0) is 16.1 Å². The first kappa shape index (κ1) is 17.1. The van der Waals surface area contributed by atoms with Gasteiger partial charge in [0, 0.05) is 28.6 Å². The van der Waals surface area contributed by atoms with Crippen molar-refractivity contribution in [3.63, 3.8) is 0 Å². The fourth-order valence-corrected chi connectivity index (χ4v) is 3.59. The van der Waals surface area contributed by atoms with E-state index >= 15 is 0 Å². The largest absolute Gasteiger partial charge is 0.503 e. The van der Waals surface area contributed by atoms with Gasteiger partial charge >= 0.3 is 0 Å². The molecule has 0 radical (unpaired) electrons. The second kappa shape index (κ2) is 6.46. The van der Waals surface area contributed by atoms with Gasteiger partial charge in [0.25, 0.3) is 5.91 Å². The summed E-state index contributed by atoms with van der Waals surface area (Å²) in [7, 11) is 0. The molecule has 2 aromatic heterocycles. The summed E-state index contributed by atoms with van der Waals surface area (Å²) in [5, 5.41) is 11.4. The van der Waals surface area contributed by atoms with E-state index in [1.807, 2.05) is 24.3 Å². The Balaban J connectivity index is 1.87. The topological polar surface area (TPSA) is 86.5 Å². The summed E-state index contributed by atoms with van der Waals surface area (Å²) in [6.45, 7) is 3.68. The Morgan fingerprint density at radius 2 is 2.04 bits per heavy atom. The molecule has 0 aliphatic carbocycles. The highest BCUT2D eigenvalue weighted by Crippen LogP contribution is 2.42. The van der Waals surface area contributed by atoms with Crippen LogP contribution in [0.5, 0.6) is 0 Å². The number of fused-ring (bicyclic) bond motifs is 1. The monoisotopic (exact) mass is 364 g/mol. The van der Waals surface area contributed by atoms with Crippen molar-refractivity contribution in [1.82, 2.24) is 9.88 Å². The number of amides is 1. The van der Waals surface area contributed by atoms with E-state index in [0.717, 1.165) is 16.5 Å². The Bertz CT molecular complexity index is 1040. The number of Topliss-reactive ketones (excluding diaryl/α,β-unsaturated/α-hetero) is 1. The van der Waals surface area contributed by atoms with Gasteiger partial charge in [-0.05, 0) is 18.2 Å². The number of carbonyl (C=O) groups excluding carboxylic acids is 2. The summed E-state index contributed by atoms with van der Waals surface area (Å²) < 4.78 is 5.39. The lowest BCUT2D eigenvalue weighted by Crippen LogP contribution is -2.30. The van der Waals surface area contributed by atoms with Crippen molar-refractivity contribution in [2.45, 2.75) is 26.4 Å². The quantitative estimate of drug-likeness (QED) is 0.719. The van der Waals surface area contributed by atoms with Crippen LogP contribution in [0.15, 0.2) is 64.6 Å². The van der Waals surface area contributed by atoms with Crippen LogP contribution in [-0.4, -0.2) is 26.7 Å². The van der Waals surface area contributed by atoms with Crippen LogP contribution in [0.3, 0.4) is 0 Å². The van der Waals surface area contributed by atoms with E-state index in [4.69, 9.17) is 4.42 Å². The number of nitrogens with one attached hydrogen (secondary N) is 1. The molecule has 1 unspecified atom stereocenters. The van der Waals surface area contributed by atoms with Crippen molar-refractivity contribution >= 4 is 22.6 Å². The van der Waals surface area contributed by atoms with E-state index < -0.39 is 17.7 Å². The van der Waals surface area contributed by atoms with Gasteiger partial charge in [-0.15, -0.1) is 0 Å². The maximum Gasteiger partial charge on any atom is 0.290 e. The lowest BCUT2D eigenvalue weighted by Gasteiger charge is -2.26. The number of nitrogens with zero attached hydrogens (tertiary/aromatic N) is 1. The molecule has 3 heterocycles. The van der Waals surface area contributed by atoms with E-state index in [2.05, 4.69) is 4.98 Å². The van der Waals surface area contributed by atoms with Gasteiger partial charge in [0.2, 0.25) is 0 Å². The Morgan fingerprint density at radius 1 is 1.26 bits per heavy atom. The summed E-state index contributed by atoms with van der Waals surface area (Å²) >= 11 is 0. The number of carbonyl (C=O) groups is 2. The van der Waals surface area contributed by atoms with Gasteiger partial charge in [0.1, 0.15) is 5.76 Å². The summed E-state index contributed by atoms with van der Waals surface area (Å²) in [5.41, 5.74) is 1.82. The second-order valence-corrected chi connectivity index (χ2v) is 6.99. The third-order valence-electron chi connectivity index (χ3n) is 4.92. The van der Waals surface area contributed by atoms with E-state index in [1.54, 1.807) is 32.2 Å². The molecule has 4 rings (SSSR count). The molecule has 138 valence electrons. The van der Waals surface area contributed by atoms with Crippen LogP contribution in [0.25, 0.3) is 10.9 Å².